The summed E-state index contributed by atoms with van der Waals surface area (Å²) in [6, 6.07) is 7.11. The van der Waals surface area contributed by atoms with E-state index >= 15 is 0 Å². The van der Waals surface area contributed by atoms with Crippen molar-refractivity contribution in [1.29, 1.82) is 0 Å². The summed E-state index contributed by atoms with van der Waals surface area (Å²) in [4.78, 5) is 24.1. The Hall–Kier alpha value is -1.63. The van der Waals surface area contributed by atoms with E-state index in [-0.39, 0.29) is 36.4 Å². The number of carbonyl (C=O) groups is 2. The van der Waals surface area contributed by atoms with Gasteiger partial charge in [0.15, 0.2) is 0 Å². The van der Waals surface area contributed by atoms with Crippen LogP contribution in [0.5, 0.6) is 0 Å². The fraction of sp³-hybridized carbons (Fsp3) is 0.500. The van der Waals surface area contributed by atoms with Gasteiger partial charge in [0.1, 0.15) is 6.10 Å². The lowest BCUT2D eigenvalue weighted by Crippen LogP contribution is -2.37. The predicted molar refractivity (Wildman–Crippen MR) is 92.1 cm³/mol. The first-order valence-corrected chi connectivity index (χ1v) is 7.58. The van der Waals surface area contributed by atoms with Gasteiger partial charge >= 0.3 is 0 Å². The summed E-state index contributed by atoms with van der Waals surface area (Å²) in [6.07, 6.45) is 1.27. The van der Waals surface area contributed by atoms with E-state index in [1.807, 2.05) is 14.0 Å². The van der Waals surface area contributed by atoms with Crippen LogP contribution >= 0.6 is 12.4 Å². The lowest BCUT2D eigenvalue weighted by Gasteiger charge is -2.13. The molecular weight excluding hydrogens is 318 g/mol. The van der Waals surface area contributed by atoms with Gasteiger partial charge in [-0.1, -0.05) is 6.07 Å². The SMILES string of the molecule is CNC(C)CNC(=O)c1cccc(NC(=O)C2CCCO2)c1.Cl. The average molecular weight is 342 g/mol. The topological polar surface area (TPSA) is 79.5 Å². The van der Waals surface area contributed by atoms with Crippen molar-refractivity contribution in [2.75, 3.05) is 25.5 Å². The van der Waals surface area contributed by atoms with Crippen LogP contribution in [0.1, 0.15) is 30.1 Å². The van der Waals surface area contributed by atoms with Crippen molar-refractivity contribution in [3.05, 3.63) is 29.8 Å². The molecule has 2 unspecified atom stereocenters. The standard InChI is InChI=1S/C16H23N3O3.ClH/c1-11(17-2)10-18-15(20)12-5-3-6-13(9-12)19-16(21)14-7-4-8-22-14;/h3,5-6,9,11,14,17H,4,7-8,10H2,1-2H3,(H,18,20)(H,19,21);1H. The van der Waals surface area contributed by atoms with Gasteiger partial charge in [-0.2, -0.15) is 0 Å². The van der Waals surface area contributed by atoms with E-state index in [1.165, 1.54) is 0 Å². The zero-order valence-electron chi connectivity index (χ0n) is 13.4. The molecule has 1 aromatic rings. The molecule has 0 saturated carbocycles. The number of halogens is 1. The Balaban J connectivity index is 0.00000264. The van der Waals surface area contributed by atoms with Crippen LogP contribution in [0, 0.1) is 0 Å². The van der Waals surface area contributed by atoms with Gasteiger partial charge in [0.05, 0.1) is 0 Å². The van der Waals surface area contributed by atoms with E-state index in [2.05, 4.69) is 16.0 Å². The molecule has 2 amide bonds. The first-order valence-electron chi connectivity index (χ1n) is 7.58. The van der Waals surface area contributed by atoms with E-state index in [0.29, 0.717) is 24.4 Å². The van der Waals surface area contributed by atoms with Crippen LogP contribution < -0.4 is 16.0 Å². The second-order valence-electron chi connectivity index (χ2n) is 5.47. The molecule has 2 rings (SSSR count). The van der Waals surface area contributed by atoms with Crippen molar-refractivity contribution in [3.63, 3.8) is 0 Å². The maximum absolute atomic E-state index is 12.1. The molecule has 7 heteroatoms. The summed E-state index contributed by atoms with van der Waals surface area (Å²) in [6.45, 7) is 3.16. The lowest BCUT2D eigenvalue weighted by atomic mass is 10.1. The summed E-state index contributed by atoms with van der Waals surface area (Å²) in [5.41, 5.74) is 1.13. The molecule has 1 saturated heterocycles. The van der Waals surface area contributed by atoms with Gasteiger partial charge in [0, 0.05) is 30.4 Å². The van der Waals surface area contributed by atoms with Gasteiger partial charge in [0.25, 0.3) is 11.8 Å². The zero-order valence-corrected chi connectivity index (χ0v) is 14.2. The monoisotopic (exact) mass is 341 g/mol. The maximum atomic E-state index is 12.1. The van der Waals surface area contributed by atoms with Crippen LogP contribution in [0.25, 0.3) is 0 Å². The minimum atomic E-state index is -0.381. The molecule has 0 aliphatic carbocycles. The largest absolute Gasteiger partial charge is 0.368 e. The van der Waals surface area contributed by atoms with Gasteiger partial charge in [-0.15, -0.1) is 12.4 Å². The quantitative estimate of drug-likeness (QED) is 0.733. The van der Waals surface area contributed by atoms with E-state index in [0.717, 1.165) is 12.8 Å². The molecule has 23 heavy (non-hydrogen) atoms. The van der Waals surface area contributed by atoms with Gasteiger partial charge in [-0.3, -0.25) is 9.59 Å². The molecule has 0 bridgehead atoms. The Kier molecular flexibility index (Phi) is 8.02. The fourth-order valence-electron chi connectivity index (χ4n) is 2.20. The highest BCUT2D eigenvalue weighted by molar-refractivity contribution is 5.98. The summed E-state index contributed by atoms with van der Waals surface area (Å²) in [5, 5.41) is 8.70. The third kappa shape index (κ3) is 5.82. The highest BCUT2D eigenvalue weighted by Gasteiger charge is 2.23. The Morgan fingerprint density at radius 1 is 1.39 bits per heavy atom. The molecule has 128 valence electrons. The number of hydrogen-bond donors (Lipinski definition) is 3. The second-order valence-corrected chi connectivity index (χ2v) is 5.47. The molecular formula is C16H24ClN3O3. The highest BCUT2D eigenvalue weighted by atomic mass is 35.5. The zero-order chi connectivity index (χ0) is 15.9. The maximum Gasteiger partial charge on any atom is 0.253 e. The number of ether oxygens (including phenoxy) is 1. The number of amides is 2. The van der Waals surface area contributed by atoms with Crippen LogP contribution in [-0.4, -0.2) is 44.2 Å². The molecule has 1 aromatic carbocycles. The molecule has 1 heterocycles. The highest BCUT2D eigenvalue weighted by Crippen LogP contribution is 2.16. The summed E-state index contributed by atoms with van der Waals surface area (Å²) in [7, 11) is 1.85. The molecule has 1 aliphatic heterocycles. The van der Waals surface area contributed by atoms with Crippen molar-refractivity contribution in [3.8, 4) is 0 Å². The van der Waals surface area contributed by atoms with Crippen molar-refractivity contribution in [1.82, 2.24) is 10.6 Å². The predicted octanol–water partition coefficient (Wildman–Crippen LogP) is 1.56. The van der Waals surface area contributed by atoms with Gasteiger partial charge in [0.2, 0.25) is 0 Å². The number of likely N-dealkylation sites (N-methyl/N-ethyl adjacent to an activating group) is 1. The number of nitrogens with one attached hydrogen (secondary N) is 3. The first-order chi connectivity index (χ1) is 10.6. The Morgan fingerprint density at radius 3 is 2.83 bits per heavy atom. The Morgan fingerprint density at radius 2 is 2.17 bits per heavy atom. The normalized spacial score (nSPS) is 17.9. The van der Waals surface area contributed by atoms with Crippen LogP contribution in [0.15, 0.2) is 24.3 Å². The van der Waals surface area contributed by atoms with Crippen molar-refractivity contribution >= 4 is 29.9 Å². The van der Waals surface area contributed by atoms with Crippen molar-refractivity contribution < 1.29 is 14.3 Å². The average Bonchev–Trinajstić information content (AvgIpc) is 3.07. The van der Waals surface area contributed by atoms with Crippen LogP contribution in [0.3, 0.4) is 0 Å². The van der Waals surface area contributed by atoms with Gasteiger partial charge in [-0.05, 0) is 45.0 Å². The smallest absolute Gasteiger partial charge is 0.253 e. The van der Waals surface area contributed by atoms with Gasteiger partial charge < -0.3 is 20.7 Å². The molecule has 2 atom stereocenters. The number of anilines is 1. The number of rotatable bonds is 6. The molecule has 3 N–H and O–H groups in total. The van der Waals surface area contributed by atoms with E-state index < -0.39 is 0 Å². The number of hydrogen-bond acceptors (Lipinski definition) is 4. The first kappa shape index (κ1) is 19.4. The third-order valence-corrected chi connectivity index (χ3v) is 3.68. The van der Waals surface area contributed by atoms with E-state index in [4.69, 9.17) is 4.74 Å². The van der Waals surface area contributed by atoms with Crippen molar-refractivity contribution in [2.45, 2.75) is 31.9 Å². The Bertz CT molecular complexity index is 533. The summed E-state index contributed by atoms with van der Waals surface area (Å²) < 4.78 is 5.34. The second kappa shape index (κ2) is 9.50. The minimum Gasteiger partial charge on any atom is -0.368 e. The fourth-order valence-corrected chi connectivity index (χ4v) is 2.20. The van der Waals surface area contributed by atoms with Crippen LogP contribution in [0.4, 0.5) is 5.69 Å². The molecule has 1 aliphatic rings. The summed E-state index contributed by atoms with van der Waals surface area (Å²) in [5.74, 6) is -0.311. The molecule has 0 spiro atoms. The van der Waals surface area contributed by atoms with E-state index in [9.17, 15) is 9.59 Å². The van der Waals surface area contributed by atoms with E-state index in [1.54, 1.807) is 24.3 Å². The summed E-state index contributed by atoms with van der Waals surface area (Å²) >= 11 is 0. The van der Waals surface area contributed by atoms with Crippen LogP contribution in [0.2, 0.25) is 0 Å². The van der Waals surface area contributed by atoms with Gasteiger partial charge in [-0.25, -0.2) is 0 Å². The molecule has 0 radical (unpaired) electrons. The van der Waals surface area contributed by atoms with Crippen molar-refractivity contribution in [2.24, 2.45) is 0 Å². The molecule has 1 fully saturated rings. The minimum absolute atomic E-state index is 0. The van der Waals surface area contributed by atoms with Crippen LogP contribution in [-0.2, 0) is 9.53 Å². The third-order valence-electron chi connectivity index (χ3n) is 3.68. The number of carbonyl (C=O) groups excluding carboxylic acids is 2. The molecule has 6 nitrogen and oxygen atoms in total. The lowest BCUT2D eigenvalue weighted by molar-refractivity contribution is -0.124. The number of benzene rings is 1. The molecule has 0 aromatic heterocycles. The Labute approximate surface area is 142 Å².